The molecule has 8 heteroatoms. The van der Waals surface area contributed by atoms with Gasteiger partial charge >= 0.3 is 0 Å². The maximum absolute atomic E-state index is 12.8. The Morgan fingerprint density at radius 3 is 2.90 bits per heavy atom. The molecule has 1 saturated heterocycles. The Kier molecular flexibility index (Phi) is 5.43. The Morgan fingerprint density at radius 2 is 2.29 bits per heavy atom. The third kappa shape index (κ3) is 3.48. The van der Waals surface area contributed by atoms with Crippen molar-refractivity contribution in [1.29, 1.82) is 0 Å². The molecular weight excluding hydrogens is 312 g/mol. The van der Waals surface area contributed by atoms with Crippen LogP contribution in [-0.4, -0.2) is 30.3 Å². The number of nitrogens with zero attached hydrogens (tertiary/aromatic N) is 2. The molecule has 2 rings (SSSR count). The Labute approximate surface area is 130 Å². The Hall–Kier alpha value is -0.890. The van der Waals surface area contributed by atoms with E-state index in [1.54, 1.807) is 4.31 Å². The first-order chi connectivity index (χ1) is 10.0. The molecule has 0 saturated carbocycles. The monoisotopic (exact) mass is 332 g/mol. The molecule has 3 N–H and O–H groups in total. The smallest absolute Gasteiger partial charge is 0.244 e. The highest BCUT2D eigenvalue weighted by molar-refractivity contribution is 7.89. The largest absolute Gasteiger partial charge is 0.307 e. The number of piperidine rings is 1. The summed E-state index contributed by atoms with van der Waals surface area (Å²) < 4.78 is 27.2. The number of aromatic nitrogens is 1. The Morgan fingerprint density at radius 1 is 1.52 bits per heavy atom. The van der Waals surface area contributed by atoms with Gasteiger partial charge in [0.05, 0.1) is 5.02 Å². The predicted molar refractivity (Wildman–Crippen MR) is 83.5 cm³/mol. The highest BCUT2D eigenvalue weighted by Gasteiger charge is 2.33. The average molecular weight is 333 g/mol. The maximum Gasteiger partial charge on any atom is 0.244 e. The molecule has 0 aromatic carbocycles. The maximum atomic E-state index is 12.8. The third-order valence-electron chi connectivity index (χ3n) is 3.75. The fraction of sp³-hybridized carbons (Fsp3) is 0.615. The number of hydrazine groups is 1. The lowest BCUT2D eigenvalue weighted by Gasteiger charge is -2.34. The van der Waals surface area contributed by atoms with Gasteiger partial charge in [0.2, 0.25) is 10.0 Å². The van der Waals surface area contributed by atoms with E-state index in [2.05, 4.69) is 17.3 Å². The van der Waals surface area contributed by atoms with Gasteiger partial charge in [-0.2, -0.15) is 4.31 Å². The molecule has 0 aliphatic carbocycles. The van der Waals surface area contributed by atoms with Crippen molar-refractivity contribution in [3.8, 4) is 0 Å². The molecule has 1 unspecified atom stereocenters. The lowest BCUT2D eigenvalue weighted by Crippen LogP contribution is -2.43. The van der Waals surface area contributed by atoms with Gasteiger partial charge < -0.3 is 5.43 Å². The van der Waals surface area contributed by atoms with Gasteiger partial charge in [0.15, 0.2) is 5.82 Å². The fourth-order valence-electron chi connectivity index (χ4n) is 2.72. The molecule has 118 valence electrons. The number of pyridine rings is 1. The fourth-order valence-corrected chi connectivity index (χ4v) is 4.70. The lowest BCUT2D eigenvalue weighted by molar-refractivity contribution is 0.239. The second kappa shape index (κ2) is 6.91. The van der Waals surface area contributed by atoms with E-state index in [-0.39, 0.29) is 21.8 Å². The van der Waals surface area contributed by atoms with Crippen molar-refractivity contribution in [2.45, 2.75) is 50.0 Å². The van der Waals surface area contributed by atoms with Gasteiger partial charge in [0, 0.05) is 18.8 Å². The molecule has 6 nitrogen and oxygen atoms in total. The minimum atomic E-state index is -3.56. The van der Waals surface area contributed by atoms with Crippen molar-refractivity contribution in [2.75, 3.05) is 12.0 Å². The molecule has 0 amide bonds. The topological polar surface area (TPSA) is 88.3 Å². The molecule has 1 aromatic heterocycles. The van der Waals surface area contributed by atoms with E-state index in [0.717, 1.165) is 32.1 Å². The first-order valence-electron chi connectivity index (χ1n) is 7.14. The van der Waals surface area contributed by atoms with Gasteiger partial charge in [-0.25, -0.2) is 19.2 Å². The summed E-state index contributed by atoms with van der Waals surface area (Å²) in [6.45, 7) is 2.63. The molecule has 1 atom stereocenters. The van der Waals surface area contributed by atoms with E-state index < -0.39 is 10.0 Å². The van der Waals surface area contributed by atoms with Crippen molar-refractivity contribution < 1.29 is 8.42 Å². The molecule has 21 heavy (non-hydrogen) atoms. The molecule has 1 aliphatic rings. The summed E-state index contributed by atoms with van der Waals surface area (Å²) >= 11 is 5.98. The number of rotatable bonds is 5. The van der Waals surface area contributed by atoms with Crippen LogP contribution < -0.4 is 11.3 Å². The van der Waals surface area contributed by atoms with Crippen molar-refractivity contribution >= 4 is 27.4 Å². The number of anilines is 1. The third-order valence-corrected chi connectivity index (χ3v) is 5.96. The summed E-state index contributed by atoms with van der Waals surface area (Å²) in [4.78, 5) is 4.07. The predicted octanol–water partition coefficient (Wildman–Crippen LogP) is 2.36. The van der Waals surface area contributed by atoms with E-state index in [1.165, 1.54) is 12.3 Å². The summed E-state index contributed by atoms with van der Waals surface area (Å²) in [6, 6.07) is 1.47. The van der Waals surface area contributed by atoms with Crippen LogP contribution in [0.3, 0.4) is 0 Å². The molecular formula is C13H21ClN4O2S. The minimum Gasteiger partial charge on any atom is -0.307 e. The molecule has 0 bridgehead atoms. The van der Waals surface area contributed by atoms with Crippen LogP contribution in [-0.2, 0) is 10.0 Å². The average Bonchev–Trinajstić information content (AvgIpc) is 2.48. The first-order valence-corrected chi connectivity index (χ1v) is 8.96. The Bertz CT molecular complexity index is 592. The quantitative estimate of drug-likeness (QED) is 0.638. The van der Waals surface area contributed by atoms with Crippen LogP contribution in [0.4, 0.5) is 5.82 Å². The van der Waals surface area contributed by atoms with E-state index in [1.807, 2.05) is 0 Å². The zero-order chi connectivity index (χ0) is 15.5. The number of nitrogen functional groups attached to an aromatic ring is 1. The number of hydrogen-bond donors (Lipinski definition) is 2. The number of sulfonamides is 1. The zero-order valence-corrected chi connectivity index (χ0v) is 13.6. The van der Waals surface area contributed by atoms with Crippen molar-refractivity contribution in [3.05, 3.63) is 17.3 Å². The molecule has 0 radical (unpaired) electrons. The normalized spacial score (nSPS) is 20.4. The van der Waals surface area contributed by atoms with Crippen LogP contribution in [0.5, 0.6) is 0 Å². The van der Waals surface area contributed by atoms with Crippen LogP contribution in [0, 0.1) is 0 Å². The van der Waals surface area contributed by atoms with Gasteiger partial charge in [-0.05, 0) is 25.3 Å². The van der Waals surface area contributed by atoms with Crippen LogP contribution in [0.15, 0.2) is 17.2 Å². The number of hydrogen-bond acceptors (Lipinski definition) is 5. The standard InChI is InChI=1S/C13H21ClN4O2S/c1-2-5-10-6-3-4-7-18(10)21(19,20)11-8-12(14)13(17-15)16-9-11/h8-10H,2-7,15H2,1H3,(H,16,17). The van der Waals surface area contributed by atoms with Gasteiger partial charge in [-0.15, -0.1) is 0 Å². The van der Waals surface area contributed by atoms with Crippen LogP contribution in [0.1, 0.15) is 39.0 Å². The van der Waals surface area contributed by atoms with Gasteiger partial charge in [-0.1, -0.05) is 31.4 Å². The number of nitrogens with two attached hydrogens (primary N) is 1. The van der Waals surface area contributed by atoms with Gasteiger partial charge in [0.25, 0.3) is 0 Å². The van der Waals surface area contributed by atoms with E-state index >= 15 is 0 Å². The highest BCUT2D eigenvalue weighted by atomic mass is 35.5. The van der Waals surface area contributed by atoms with Crippen LogP contribution in [0.2, 0.25) is 5.02 Å². The SMILES string of the molecule is CCCC1CCCCN1S(=O)(=O)c1cnc(NN)c(Cl)c1. The first kappa shape index (κ1) is 16.5. The molecule has 1 fully saturated rings. The second-order valence-corrected chi connectivity index (χ2v) is 7.50. The number of nitrogens with one attached hydrogen (secondary N) is 1. The van der Waals surface area contributed by atoms with Crippen molar-refractivity contribution in [1.82, 2.24) is 9.29 Å². The summed E-state index contributed by atoms with van der Waals surface area (Å²) in [5.41, 5.74) is 2.33. The molecule has 1 aliphatic heterocycles. The summed E-state index contributed by atoms with van der Waals surface area (Å²) in [6.07, 6.45) is 6.02. The van der Waals surface area contributed by atoms with E-state index in [4.69, 9.17) is 17.4 Å². The summed E-state index contributed by atoms with van der Waals surface area (Å²) in [5.74, 6) is 5.52. The number of halogens is 1. The summed E-state index contributed by atoms with van der Waals surface area (Å²) in [7, 11) is -3.56. The van der Waals surface area contributed by atoms with Crippen LogP contribution in [0.25, 0.3) is 0 Å². The lowest BCUT2D eigenvalue weighted by atomic mass is 10.0. The molecule has 1 aromatic rings. The van der Waals surface area contributed by atoms with Crippen molar-refractivity contribution in [2.24, 2.45) is 5.84 Å². The minimum absolute atomic E-state index is 0.0693. The highest BCUT2D eigenvalue weighted by Crippen LogP contribution is 2.29. The van der Waals surface area contributed by atoms with Crippen LogP contribution >= 0.6 is 11.6 Å². The second-order valence-electron chi connectivity index (χ2n) is 5.20. The molecule has 2 heterocycles. The zero-order valence-electron chi connectivity index (χ0n) is 12.0. The van der Waals surface area contributed by atoms with Gasteiger partial charge in [-0.3, -0.25) is 0 Å². The van der Waals surface area contributed by atoms with E-state index in [0.29, 0.717) is 6.54 Å². The molecule has 0 spiro atoms. The summed E-state index contributed by atoms with van der Waals surface area (Å²) in [5, 5.41) is 0.197. The Balaban J connectivity index is 2.33. The van der Waals surface area contributed by atoms with E-state index in [9.17, 15) is 8.42 Å². The van der Waals surface area contributed by atoms with Gasteiger partial charge in [0.1, 0.15) is 4.90 Å². The van der Waals surface area contributed by atoms with Crippen molar-refractivity contribution in [3.63, 3.8) is 0 Å².